The lowest BCUT2D eigenvalue weighted by molar-refractivity contribution is -0.0553. The molecule has 1 aromatic heterocycles. The molecule has 0 aliphatic carbocycles. The molecule has 4 atom stereocenters. The van der Waals surface area contributed by atoms with Crippen LogP contribution in [0, 0.1) is 0 Å². The molecule has 10 heteroatoms. The van der Waals surface area contributed by atoms with Gasteiger partial charge in [0.25, 0.3) is 5.56 Å². The number of benzene rings is 1. The van der Waals surface area contributed by atoms with Crippen LogP contribution in [-0.2, 0) is 4.74 Å². The van der Waals surface area contributed by atoms with Crippen LogP contribution in [0.3, 0.4) is 0 Å². The Kier molecular flexibility index (Phi) is 5.49. The maximum atomic E-state index is 12.1. The summed E-state index contributed by atoms with van der Waals surface area (Å²) in [5.41, 5.74) is -1.37. The predicted molar refractivity (Wildman–Crippen MR) is 91.4 cm³/mol. The molecule has 9 nitrogen and oxygen atoms in total. The fourth-order valence-corrected chi connectivity index (χ4v) is 3.45. The molecule has 3 rings (SSSR count). The Morgan fingerprint density at radius 2 is 1.92 bits per heavy atom. The molecular formula is C16H18N2O7S. The van der Waals surface area contributed by atoms with Crippen molar-refractivity contribution < 1.29 is 24.8 Å². The van der Waals surface area contributed by atoms with E-state index in [4.69, 9.17) is 14.6 Å². The molecule has 0 spiro atoms. The molecule has 2 heterocycles. The van der Waals surface area contributed by atoms with Gasteiger partial charge in [-0.25, -0.2) is 4.79 Å². The Balaban J connectivity index is 1.92. The fraction of sp³-hybridized carbons (Fsp3) is 0.375. The Morgan fingerprint density at radius 3 is 2.50 bits per heavy atom. The van der Waals surface area contributed by atoms with Crippen LogP contribution >= 0.6 is 11.8 Å². The smallest absolute Gasteiger partial charge is 0.330 e. The Morgan fingerprint density at radius 1 is 1.23 bits per heavy atom. The van der Waals surface area contributed by atoms with E-state index in [9.17, 15) is 19.8 Å². The summed E-state index contributed by atoms with van der Waals surface area (Å²) in [5, 5.41) is 29.1. The van der Waals surface area contributed by atoms with Crippen molar-refractivity contribution in [3.8, 4) is 5.75 Å². The van der Waals surface area contributed by atoms with Crippen molar-refractivity contribution in [3.05, 3.63) is 51.3 Å². The van der Waals surface area contributed by atoms with Crippen molar-refractivity contribution in [1.29, 1.82) is 0 Å². The number of rotatable bonds is 5. The number of hydrogen-bond acceptors (Lipinski definition) is 8. The first-order valence-corrected chi connectivity index (χ1v) is 8.56. The van der Waals surface area contributed by atoms with Crippen LogP contribution in [0.5, 0.6) is 5.75 Å². The molecule has 2 aromatic rings. The molecule has 0 unspecified atom stereocenters. The minimum Gasteiger partial charge on any atom is -0.497 e. The van der Waals surface area contributed by atoms with E-state index in [1.807, 2.05) is 0 Å². The van der Waals surface area contributed by atoms with Crippen LogP contribution in [0.4, 0.5) is 0 Å². The highest BCUT2D eigenvalue weighted by Crippen LogP contribution is 2.30. The van der Waals surface area contributed by atoms with E-state index < -0.39 is 42.4 Å². The van der Waals surface area contributed by atoms with Crippen LogP contribution in [0.2, 0.25) is 0 Å². The van der Waals surface area contributed by atoms with E-state index in [1.54, 1.807) is 31.4 Å². The Bertz CT molecular complexity index is 879. The van der Waals surface area contributed by atoms with Gasteiger partial charge in [0.15, 0.2) is 6.23 Å². The minimum atomic E-state index is -1.42. The largest absolute Gasteiger partial charge is 0.497 e. The minimum absolute atomic E-state index is 0.201. The number of H-pyrrole nitrogens is 1. The summed E-state index contributed by atoms with van der Waals surface area (Å²) in [4.78, 5) is 27.3. The van der Waals surface area contributed by atoms with E-state index in [1.165, 1.54) is 6.20 Å². The average molecular weight is 382 g/mol. The van der Waals surface area contributed by atoms with Gasteiger partial charge in [-0.05, 0) is 24.3 Å². The summed E-state index contributed by atoms with van der Waals surface area (Å²) < 4.78 is 11.4. The van der Waals surface area contributed by atoms with E-state index in [2.05, 4.69) is 4.98 Å². The molecule has 1 aliphatic rings. The summed E-state index contributed by atoms with van der Waals surface area (Å²) in [5.74, 6) is 0.666. The van der Waals surface area contributed by atoms with Crippen molar-refractivity contribution in [2.75, 3.05) is 13.7 Å². The highest BCUT2D eigenvalue weighted by Gasteiger charge is 2.43. The van der Waals surface area contributed by atoms with Crippen LogP contribution in [0.1, 0.15) is 6.23 Å². The summed E-state index contributed by atoms with van der Waals surface area (Å²) >= 11 is 1.12. The second kappa shape index (κ2) is 7.64. The van der Waals surface area contributed by atoms with E-state index in [-0.39, 0.29) is 4.90 Å². The molecule has 1 aromatic carbocycles. The summed E-state index contributed by atoms with van der Waals surface area (Å²) in [7, 11) is 1.55. The van der Waals surface area contributed by atoms with Crippen molar-refractivity contribution in [2.24, 2.45) is 0 Å². The highest BCUT2D eigenvalue weighted by atomic mass is 32.2. The molecular weight excluding hydrogens is 364 g/mol. The first-order chi connectivity index (χ1) is 12.4. The van der Waals surface area contributed by atoms with Crippen LogP contribution in [-0.4, -0.2) is 56.9 Å². The third-order valence-corrected chi connectivity index (χ3v) is 5.03. The molecule has 0 amide bonds. The van der Waals surface area contributed by atoms with E-state index >= 15 is 0 Å². The van der Waals surface area contributed by atoms with Crippen molar-refractivity contribution in [1.82, 2.24) is 9.55 Å². The lowest BCUT2D eigenvalue weighted by Gasteiger charge is -2.17. The van der Waals surface area contributed by atoms with Crippen LogP contribution in [0.25, 0.3) is 0 Å². The number of ether oxygens (including phenoxy) is 2. The van der Waals surface area contributed by atoms with E-state index in [0.717, 1.165) is 21.2 Å². The maximum Gasteiger partial charge on any atom is 0.330 e. The molecule has 1 fully saturated rings. The van der Waals surface area contributed by atoms with Gasteiger partial charge in [-0.15, -0.1) is 0 Å². The van der Waals surface area contributed by atoms with Gasteiger partial charge in [0.1, 0.15) is 24.1 Å². The van der Waals surface area contributed by atoms with Gasteiger partial charge in [-0.2, -0.15) is 0 Å². The molecule has 140 valence electrons. The predicted octanol–water partition coefficient (Wildman–Crippen LogP) is -0.692. The van der Waals surface area contributed by atoms with Gasteiger partial charge < -0.3 is 24.8 Å². The average Bonchev–Trinajstić information content (AvgIpc) is 2.92. The second-order valence-electron chi connectivity index (χ2n) is 5.67. The molecule has 4 N–H and O–H groups in total. The van der Waals surface area contributed by atoms with Crippen molar-refractivity contribution in [3.63, 3.8) is 0 Å². The number of nitrogens with one attached hydrogen (secondary N) is 1. The molecule has 0 bridgehead atoms. The molecule has 0 saturated carbocycles. The normalized spacial score (nSPS) is 25.4. The number of methoxy groups -OCH3 is 1. The Labute approximate surface area is 151 Å². The maximum absolute atomic E-state index is 12.1. The number of hydrogen-bond donors (Lipinski definition) is 4. The van der Waals surface area contributed by atoms with Gasteiger partial charge in [-0.3, -0.25) is 14.3 Å². The summed E-state index contributed by atoms with van der Waals surface area (Å²) in [6.45, 7) is -0.514. The van der Waals surface area contributed by atoms with Gasteiger partial charge in [-0.1, -0.05) is 11.8 Å². The summed E-state index contributed by atoms with van der Waals surface area (Å²) in [6, 6.07) is 6.98. The first-order valence-electron chi connectivity index (χ1n) is 7.74. The SMILES string of the molecule is COc1ccc(Sc2cn([C@@H]3O[C@H](CO)[C@@H](O)[C@H]3O)c(=O)[nH]c2=O)cc1. The number of aliphatic hydroxyl groups excluding tert-OH is 3. The number of nitrogens with zero attached hydrogens (tertiary/aromatic N) is 1. The van der Waals surface area contributed by atoms with Crippen molar-refractivity contribution >= 4 is 11.8 Å². The standard InChI is InChI=1S/C16H18N2O7S/c1-24-8-2-4-9(5-3-8)26-11-6-18(16(23)17-14(11)22)15-13(21)12(20)10(7-19)25-15/h2-6,10,12-13,15,19-21H,7H2,1H3,(H,17,22,23)/t10-,12-,13-,15-/m1/s1. The molecule has 0 radical (unpaired) electrons. The second-order valence-corrected chi connectivity index (χ2v) is 6.78. The first kappa shape index (κ1) is 18.7. The third-order valence-electron chi connectivity index (χ3n) is 4.01. The highest BCUT2D eigenvalue weighted by molar-refractivity contribution is 7.99. The fourth-order valence-electron chi connectivity index (χ4n) is 2.61. The summed E-state index contributed by atoms with van der Waals surface area (Å²) in [6.07, 6.45) is -3.75. The van der Waals surface area contributed by atoms with Crippen LogP contribution in [0.15, 0.2) is 49.8 Å². The third kappa shape index (κ3) is 3.55. The van der Waals surface area contributed by atoms with Crippen LogP contribution < -0.4 is 16.0 Å². The van der Waals surface area contributed by atoms with Crippen molar-refractivity contribution in [2.45, 2.75) is 34.3 Å². The van der Waals surface area contributed by atoms with Gasteiger partial charge in [0.05, 0.1) is 18.6 Å². The zero-order valence-electron chi connectivity index (χ0n) is 13.7. The van der Waals surface area contributed by atoms with Gasteiger partial charge >= 0.3 is 5.69 Å². The number of aliphatic hydroxyl groups is 3. The quantitative estimate of drug-likeness (QED) is 0.534. The zero-order valence-corrected chi connectivity index (χ0v) is 14.5. The lowest BCUT2D eigenvalue weighted by atomic mass is 10.1. The number of aromatic amines is 1. The van der Waals surface area contributed by atoms with E-state index in [0.29, 0.717) is 5.75 Å². The van der Waals surface area contributed by atoms with Gasteiger partial charge in [0, 0.05) is 11.1 Å². The molecule has 1 saturated heterocycles. The molecule has 26 heavy (non-hydrogen) atoms. The lowest BCUT2D eigenvalue weighted by Crippen LogP contribution is -2.38. The number of aromatic nitrogens is 2. The monoisotopic (exact) mass is 382 g/mol. The Hall–Kier alpha value is -2.11. The zero-order chi connectivity index (χ0) is 18.8. The van der Waals surface area contributed by atoms with Gasteiger partial charge in [0.2, 0.25) is 0 Å². The topological polar surface area (TPSA) is 134 Å². The molecule has 1 aliphatic heterocycles.